The summed E-state index contributed by atoms with van der Waals surface area (Å²) in [4.78, 5) is 14.5. The summed E-state index contributed by atoms with van der Waals surface area (Å²) in [6.45, 7) is 3.05. The number of likely N-dealkylation sites (N-methyl/N-ethyl adjacent to an activating group) is 1. The van der Waals surface area contributed by atoms with Crippen LogP contribution in [0.4, 0.5) is 5.69 Å². The van der Waals surface area contributed by atoms with Gasteiger partial charge in [0.1, 0.15) is 0 Å². The molecule has 1 aromatic carbocycles. The first-order valence-corrected chi connectivity index (χ1v) is 7.10. The zero-order chi connectivity index (χ0) is 13.2. The van der Waals surface area contributed by atoms with Crippen molar-refractivity contribution in [3.63, 3.8) is 0 Å². The van der Waals surface area contributed by atoms with Gasteiger partial charge in [-0.15, -0.1) is 0 Å². The van der Waals surface area contributed by atoms with Crippen LogP contribution in [0.3, 0.4) is 0 Å². The number of carbonyl (C=O) groups excluding carboxylic acids is 1. The molecule has 0 unspecified atom stereocenters. The minimum atomic E-state index is 0.0734. The highest BCUT2D eigenvalue weighted by Crippen LogP contribution is 2.27. The lowest BCUT2D eigenvalue weighted by Gasteiger charge is -2.23. The molecule has 4 heteroatoms. The monoisotopic (exact) mass is 259 g/mol. The van der Waals surface area contributed by atoms with Gasteiger partial charge < -0.3 is 15.5 Å². The van der Waals surface area contributed by atoms with Gasteiger partial charge in [0.15, 0.2) is 0 Å². The number of hydrogen-bond donors (Lipinski definition) is 2. The molecule has 1 fully saturated rings. The molecule has 1 saturated heterocycles. The maximum Gasteiger partial charge on any atom is 0.251 e. The first kappa shape index (κ1) is 12.5. The third-order valence-corrected chi connectivity index (χ3v) is 4.14. The van der Waals surface area contributed by atoms with E-state index in [9.17, 15) is 4.79 Å². The number of benzene rings is 1. The Labute approximate surface area is 114 Å². The lowest BCUT2D eigenvalue weighted by Crippen LogP contribution is -2.42. The molecule has 0 saturated carbocycles. The van der Waals surface area contributed by atoms with Gasteiger partial charge in [-0.2, -0.15) is 0 Å². The second-order valence-electron chi connectivity index (χ2n) is 5.51. The van der Waals surface area contributed by atoms with Crippen LogP contribution in [-0.4, -0.2) is 38.6 Å². The molecular formula is C15H21N3O. The van der Waals surface area contributed by atoms with E-state index in [2.05, 4.69) is 34.7 Å². The molecule has 3 rings (SSSR count). The molecule has 2 heterocycles. The average Bonchev–Trinajstić information content (AvgIpc) is 2.81. The molecule has 2 aliphatic heterocycles. The summed E-state index contributed by atoms with van der Waals surface area (Å²) in [5, 5.41) is 6.45. The number of anilines is 1. The van der Waals surface area contributed by atoms with Crippen molar-refractivity contribution in [3.05, 3.63) is 29.3 Å². The Hall–Kier alpha value is -1.55. The molecule has 0 aliphatic carbocycles. The number of nitrogens with one attached hydrogen (secondary N) is 2. The summed E-state index contributed by atoms with van der Waals surface area (Å²) in [6, 6.07) is 6.39. The minimum absolute atomic E-state index is 0.0734. The van der Waals surface area contributed by atoms with Crippen LogP contribution in [0.2, 0.25) is 0 Å². The lowest BCUT2D eigenvalue weighted by atomic mass is 10.0. The maximum absolute atomic E-state index is 12.2. The Morgan fingerprint density at radius 1 is 1.37 bits per heavy atom. The molecule has 102 valence electrons. The van der Waals surface area contributed by atoms with E-state index in [4.69, 9.17) is 0 Å². The van der Waals surface area contributed by atoms with Crippen LogP contribution in [0.1, 0.15) is 28.8 Å². The number of fused-ring (bicyclic) bond motifs is 1. The molecule has 1 aromatic rings. The van der Waals surface area contributed by atoms with Crippen molar-refractivity contribution in [3.8, 4) is 0 Å². The molecule has 19 heavy (non-hydrogen) atoms. The predicted molar refractivity (Wildman–Crippen MR) is 76.8 cm³/mol. The van der Waals surface area contributed by atoms with Gasteiger partial charge in [-0.25, -0.2) is 0 Å². The molecule has 1 amide bonds. The Morgan fingerprint density at radius 2 is 2.16 bits per heavy atom. The van der Waals surface area contributed by atoms with Gasteiger partial charge in [0, 0.05) is 30.9 Å². The van der Waals surface area contributed by atoms with Crippen LogP contribution in [-0.2, 0) is 6.42 Å². The van der Waals surface area contributed by atoms with E-state index in [0.717, 1.165) is 44.5 Å². The molecule has 0 atom stereocenters. The highest BCUT2D eigenvalue weighted by molar-refractivity contribution is 5.95. The molecule has 0 bridgehead atoms. The molecule has 2 N–H and O–H groups in total. The number of nitrogens with zero attached hydrogens (tertiary/aromatic N) is 1. The van der Waals surface area contributed by atoms with E-state index in [0.29, 0.717) is 6.04 Å². The topological polar surface area (TPSA) is 44.4 Å². The average molecular weight is 259 g/mol. The zero-order valence-electron chi connectivity index (χ0n) is 11.4. The van der Waals surface area contributed by atoms with Crippen molar-refractivity contribution in [2.45, 2.75) is 25.3 Å². The predicted octanol–water partition coefficient (Wildman–Crippen LogP) is 1.16. The fraction of sp³-hybridized carbons (Fsp3) is 0.533. The number of hydrogen-bond acceptors (Lipinski definition) is 3. The Bertz CT molecular complexity index is 480. The van der Waals surface area contributed by atoms with Crippen LogP contribution in [0.5, 0.6) is 0 Å². The number of amides is 1. The van der Waals surface area contributed by atoms with Crippen molar-refractivity contribution in [1.29, 1.82) is 0 Å². The summed E-state index contributed by atoms with van der Waals surface area (Å²) >= 11 is 0. The maximum atomic E-state index is 12.2. The normalized spacial score (nSPS) is 19.3. The van der Waals surface area contributed by atoms with Crippen molar-refractivity contribution in [2.75, 3.05) is 31.6 Å². The molecular weight excluding hydrogens is 238 g/mol. The van der Waals surface area contributed by atoms with E-state index in [-0.39, 0.29) is 5.91 Å². The summed E-state index contributed by atoms with van der Waals surface area (Å²) in [5.74, 6) is 0.0734. The molecule has 4 nitrogen and oxygen atoms in total. The molecule has 2 aliphatic rings. The van der Waals surface area contributed by atoms with Crippen LogP contribution in [0.25, 0.3) is 0 Å². The summed E-state index contributed by atoms with van der Waals surface area (Å²) in [5.41, 5.74) is 3.35. The lowest BCUT2D eigenvalue weighted by molar-refractivity contribution is 0.0929. The second-order valence-corrected chi connectivity index (χ2v) is 5.51. The van der Waals surface area contributed by atoms with Crippen LogP contribution >= 0.6 is 0 Å². The molecule has 0 aromatic heterocycles. The Morgan fingerprint density at radius 3 is 2.95 bits per heavy atom. The van der Waals surface area contributed by atoms with Gasteiger partial charge in [0.05, 0.1) is 0 Å². The number of carbonyl (C=O) groups is 1. The van der Waals surface area contributed by atoms with Gasteiger partial charge in [-0.1, -0.05) is 0 Å². The molecule has 0 radical (unpaired) electrons. The largest absolute Gasteiger partial charge is 0.374 e. The van der Waals surface area contributed by atoms with Crippen LogP contribution < -0.4 is 15.5 Å². The van der Waals surface area contributed by atoms with Crippen LogP contribution in [0, 0.1) is 0 Å². The van der Waals surface area contributed by atoms with Gasteiger partial charge in [0.25, 0.3) is 5.91 Å². The number of rotatable bonds is 2. The number of piperidine rings is 1. The van der Waals surface area contributed by atoms with Gasteiger partial charge >= 0.3 is 0 Å². The molecule has 0 spiro atoms. The second kappa shape index (κ2) is 5.21. The Balaban J connectivity index is 1.70. The van der Waals surface area contributed by atoms with E-state index in [1.807, 2.05) is 6.07 Å². The fourth-order valence-corrected chi connectivity index (χ4v) is 2.94. The van der Waals surface area contributed by atoms with Crippen molar-refractivity contribution in [2.24, 2.45) is 0 Å². The highest BCUT2D eigenvalue weighted by Gasteiger charge is 2.20. The van der Waals surface area contributed by atoms with E-state index in [1.54, 1.807) is 0 Å². The Kier molecular flexibility index (Phi) is 3.42. The SMILES string of the molecule is CN1CCc2cc(C(=O)NC3CCNCC3)ccc21. The fourth-order valence-electron chi connectivity index (χ4n) is 2.94. The summed E-state index contributed by atoms with van der Waals surface area (Å²) in [7, 11) is 2.10. The highest BCUT2D eigenvalue weighted by atomic mass is 16.1. The smallest absolute Gasteiger partial charge is 0.251 e. The van der Waals surface area contributed by atoms with Crippen molar-refractivity contribution in [1.82, 2.24) is 10.6 Å². The minimum Gasteiger partial charge on any atom is -0.374 e. The van der Waals surface area contributed by atoms with Gasteiger partial charge in [0.2, 0.25) is 0 Å². The first-order valence-electron chi connectivity index (χ1n) is 7.10. The van der Waals surface area contributed by atoms with Crippen molar-refractivity contribution < 1.29 is 4.79 Å². The first-order chi connectivity index (χ1) is 9.24. The quantitative estimate of drug-likeness (QED) is 0.838. The van der Waals surface area contributed by atoms with E-state index >= 15 is 0 Å². The standard InChI is InChI=1S/C15H21N3O/c1-18-9-6-11-10-12(2-3-14(11)18)15(19)17-13-4-7-16-8-5-13/h2-3,10,13,16H,4-9H2,1H3,(H,17,19). The van der Waals surface area contributed by atoms with E-state index < -0.39 is 0 Å². The van der Waals surface area contributed by atoms with Gasteiger partial charge in [-0.05, 0) is 56.1 Å². The summed E-state index contributed by atoms with van der Waals surface area (Å²) in [6.07, 6.45) is 3.10. The third kappa shape index (κ3) is 2.59. The van der Waals surface area contributed by atoms with E-state index in [1.165, 1.54) is 11.3 Å². The zero-order valence-corrected chi connectivity index (χ0v) is 11.4. The van der Waals surface area contributed by atoms with Crippen LogP contribution in [0.15, 0.2) is 18.2 Å². The third-order valence-electron chi connectivity index (χ3n) is 4.14. The van der Waals surface area contributed by atoms with Gasteiger partial charge in [-0.3, -0.25) is 4.79 Å². The summed E-state index contributed by atoms with van der Waals surface area (Å²) < 4.78 is 0. The van der Waals surface area contributed by atoms with Crippen molar-refractivity contribution >= 4 is 11.6 Å².